The van der Waals surface area contributed by atoms with Crippen molar-refractivity contribution in [1.82, 2.24) is 4.98 Å². The van der Waals surface area contributed by atoms with Gasteiger partial charge in [-0.25, -0.2) is 9.78 Å². The molecule has 0 spiro atoms. The van der Waals surface area contributed by atoms with Gasteiger partial charge in [-0.1, -0.05) is 44.0 Å². The molecule has 0 saturated carbocycles. The normalized spacial score (nSPS) is 11.4. The molecule has 4 nitrogen and oxygen atoms in total. The zero-order chi connectivity index (χ0) is 19.7. The molecule has 2 aromatic heterocycles. The van der Waals surface area contributed by atoms with Crippen molar-refractivity contribution in [2.45, 2.75) is 0 Å². The van der Waals surface area contributed by atoms with Crippen LogP contribution in [0.3, 0.4) is 0 Å². The average Bonchev–Trinajstić information content (AvgIpc) is 3.15. The Balaban J connectivity index is 1.66. The predicted molar refractivity (Wildman–Crippen MR) is 117 cm³/mol. The number of benzene rings is 2. The standard InChI is InChI=1S/C22H13Br2NO3/c23-14-3-1-13(2-4-14)21-10-8-17(28-21)7-6-16-12-19(22(26)27)18-11-15(24)5-9-20(18)25-16/h1-12H,(H,26,27). The van der Waals surface area contributed by atoms with Crippen molar-refractivity contribution >= 4 is 60.9 Å². The number of pyridine rings is 1. The minimum atomic E-state index is -0.990. The van der Waals surface area contributed by atoms with Crippen LogP contribution in [0.25, 0.3) is 34.4 Å². The van der Waals surface area contributed by atoms with E-state index in [9.17, 15) is 9.90 Å². The number of rotatable bonds is 4. The van der Waals surface area contributed by atoms with Crippen molar-refractivity contribution in [3.8, 4) is 11.3 Å². The van der Waals surface area contributed by atoms with Crippen LogP contribution in [-0.4, -0.2) is 16.1 Å². The maximum Gasteiger partial charge on any atom is 0.336 e. The third-order valence-electron chi connectivity index (χ3n) is 4.19. The van der Waals surface area contributed by atoms with E-state index in [4.69, 9.17) is 4.42 Å². The van der Waals surface area contributed by atoms with Gasteiger partial charge in [0.25, 0.3) is 0 Å². The van der Waals surface area contributed by atoms with E-state index in [0.29, 0.717) is 22.4 Å². The van der Waals surface area contributed by atoms with Crippen molar-refractivity contribution in [2.24, 2.45) is 0 Å². The van der Waals surface area contributed by atoms with Crippen LogP contribution in [0.5, 0.6) is 0 Å². The summed E-state index contributed by atoms with van der Waals surface area (Å²) >= 11 is 6.79. The third kappa shape index (κ3) is 3.93. The molecule has 28 heavy (non-hydrogen) atoms. The number of aromatic carboxylic acids is 1. The Labute approximate surface area is 177 Å². The minimum Gasteiger partial charge on any atom is -0.478 e. The molecule has 2 aromatic carbocycles. The van der Waals surface area contributed by atoms with E-state index in [1.807, 2.05) is 42.5 Å². The Morgan fingerprint density at radius 1 is 0.929 bits per heavy atom. The predicted octanol–water partition coefficient (Wildman–Crippen LogP) is 6.89. The van der Waals surface area contributed by atoms with E-state index < -0.39 is 5.97 Å². The van der Waals surface area contributed by atoms with Crippen LogP contribution in [0.1, 0.15) is 21.8 Å². The molecular weight excluding hydrogens is 486 g/mol. The molecule has 0 aliphatic rings. The monoisotopic (exact) mass is 497 g/mol. The summed E-state index contributed by atoms with van der Waals surface area (Å²) in [5.74, 6) is 0.429. The largest absolute Gasteiger partial charge is 0.478 e. The summed E-state index contributed by atoms with van der Waals surface area (Å²) in [6.07, 6.45) is 3.53. The summed E-state index contributed by atoms with van der Waals surface area (Å²) in [6.45, 7) is 0. The van der Waals surface area contributed by atoms with Crippen molar-refractivity contribution in [2.75, 3.05) is 0 Å². The van der Waals surface area contributed by atoms with E-state index in [2.05, 4.69) is 36.8 Å². The zero-order valence-corrected chi connectivity index (χ0v) is 17.6. The minimum absolute atomic E-state index is 0.209. The van der Waals surface area contributed by atoms with Crippen LogP contribution in [-0.2, 0) is 0 Å². The van der Waals surface area contributed by atoms with E-state index in [0.717, 1.165) is 20.3 Å². The van der Waals surface area contributed by atoms with Gasteiger partial charge in [0, 0.05) is 19.9 Å². The zero-order valence-electron chi connectivity index (χ0n) is 14.4. The number of nitrogens with zero attached hydrogens (tertiary/aromatic N) is 1. The first-order valence-corrected chi connectivity index (χ1v) is 9.96. The number of fused-ring (bicyclic) bond motifs is 1. The number of aromatic nitrogens is 1. The van der Waals surface area contributed by atoms with Gasteiger partial charge < -0.3 is 9.52 Å². The number of hydrogen-bond acceptors (Lipinski definition) is 3. The van der Waals surface area contributed by atoms with Crippen LogP contribution in [0.4, 0.5) is 0 Å². The lowest BCUT2D eigenvalue weighted by molar-refractivity contribution is 0.0699. The molecule has 0 atom stereocenters. The van der Waals surface area contributed by atoms with Gasteiger partial charge in [-0.2, -0.15) is 0 Å². The Morgan fingerprint density at radius 3 is 2.43 bits per heavy atom. The summed E-state index contributed by atoms with van der Waals surface area (Å²) in [6, 6.07) is 18.6. The van der Waals surface area contributed by atoms with Crippen LogP contribution >= 0.6 is 31.9 Å². The fourth-order valence-corrected chi connectivity index (χ4v) is 3.49. The molecule has 0 aliphatic heterocycles. The summed E-state index contributed by atoms with van der Waals surface area (Å²) in [4.78, 5) is 16.2. The van der Waals surface area contributed by atoms with E-state index in [-0.39, 0.29) is 5.56 Å². The van der Waals surface area contributed by atoms with Crippen molar-refractivity contribution in [3.05, 3.63) is 86.6 Å². The van der Waals surface area contributed by atoms with Gasteiger partial charge in [-0.3, -0.25) is 0 Å². The van der Waals surface area contributed by atoms with Gasteiger partial charge in [-0.05, 0) is 60.7 Å². The van der Waals surface area contributed by atoms with Crippen molar-refractivity contribution in [1.29, 1.82) is 0 Å². The molecule has 2 heterocycles. The Morgan fingerprint density at radius 2 is 1.68 bits per heavy atom. The summed E-state index contributed by atoms with van der Waals surface area (Å²) < 4.78 is 7.67. The van der Waals surface area contributed by atoms with Gasteiger partial charge in [0.05, 0.1) is 16.8 Å². The molecular formula is C22H13Br2NO3. The average molecular weight is 499 g/mol. The highest BCUT2D eigenvalue weighted by Gasteiger charge is 2.11. The van der Waals surface area contributed by atoms with Crippen molar-refractivity contribution in [3.63, 3.8) is 0 Å². The highest BCUT2D eigenvalue weighted by atomic mass is 79.9. The molecule has 0 aliphatic carbocycles. The second kappa shape index (κ2) is 7.73. The van der Waals surface area contributed by atoms with Gasteiger partial charge >= 0.3 is 5.97 Å². The summed E-state index contributed by atoms with van der Waals surface area (Å²) in [7, 11) is 0. The lowest BCUT2D eigenvalue weighted by Crippen LogP contribution is -2.00. The van der Waals surface area contributed by atoms with Crippen molar-refractivity contribution < 1.29 is 14.3 Å². The molecule has 1 N–H and O–H groups in total. The quantitative estimate of drug-likeness (QED) is 0.332. The van der Waals surface area contributed by atoms with E-state index in [1.54, 1.807) is 30.4 Å². The number of halogens is 2. The fourth-order valence-electron chi connectivity index (χ4n) is 2.86. The maximum atomic E-state index is 11.6. The molecule has 0 saturated heterocycles. The molecule has 0 unspecified atom stereocenters. The molecule has 138 valence electrons. The number of hydrogen-bond donors (Lipinski definition) is 1. The van der Waals surface area contributed by atoms with E-state index in [1.165, 1.54) is 0 Å². The molecule has 0 amide bonds. The second-order valence-electron chi connectivity index (χ2n) is 6.10. The number of carbonyl (C=O) groups is 1. The van der Waals surface area contributed by atoms with Gasteiger partial charge in [0.2, 0.25) is 0 Å². The number of furan rings is 1. The number of carboxylic acids is 1. The second-order valence-corrected chi connectivity index (χ2v) is 7.93. The van der Waals surface area contributed by atoms with E-state index >= 15 is 0 Å². The molecule has 6 heteroatoms. The first-order valence-electron chi connectivity index (χ1n) is 8.37. The Bertz CT molecular complexity index is 1210. The third-order valence-corrected chi connectivity index (χ3v) is 5.22. The van der Waals surface area contributed by atoms with Crippen LogP contribution in [0, 0.1) is 0 Å². The SMILES string of the molecule is O=C(O)c1cc(C=Cc2ccc(-c3ccc(Br)cc3)o2)nc2ccc(Br)cc12. The molecule has 0 bridgehead atoms. The first-order chi connectivity index (χ1) is 13.5. The summed E-state index contributed by atoms with van der Waals surface area (Å²) in [5.41, 5.74) is 2.36. The summed E-state index contributed by atoms with van der Waals surface area (Å²) in [5, 5.41) is 10.1. The van der Waals surface area contributed by atoms with Crippen LogP contribution < -0.4 is 0 Å². The Hall–Kier alpha value is -2.70. The first kappa shape index (κ1) is 18.7. The molecule has 0 fully saturated rings. The molecule has 4 rings (SSSR count). The fraction of sp³-hybridized carbons (Fsp3) is 0. The van der Waals surface area contributed by atoms with Gasteiger partial charge in [0.15, 0.2) is 0 Å². The molecule has 0 radical (unpaired) electrons. The maximum absolute atomic E-state index is 11.6. The lowest BCUT2D eigenvalue weighted by atomic mass is 10.1. The van der Waals surface area contributed by atoms with Gasteiger partial charge in [-0.15, -0.1) is 0 Å². The molecule has 4 aromatic rings. The Kier molecular flexibility index (Phi) is 5.15. The highest BCUT2D eigenvalue weighted by molar-refractivity contribution is 9.10. The topological polar surface area (TPSA) is 63.3 Å². The van der Waals surface area contributed by atoms with Gasteiger partial charge in [0.1, 0.15) is 11.5 Å². The highest BCUT2D eigenvalue weighted by Crippen LogP contribution is 2.26. The van der Waals surface area contributed by atoms with Crippen LogP contribution in [0.2, 0.25) is 0 Å². The van der Waals surface area contributed by atoms with Crippen LogP contribution in [0.15, 0.2) is 74.0 Å². The number of carboxylic acid groups (broad SMARTS) is 1. The lowest BCUT2D eigenvalue weighted by Gasteiger charge is -2.05. The smallest absolute Gasteiger partial charge is 0.336 e.